The van der Waals surface area contributed by atoms with E-state index in [9.17, 15) is 0 Å². The molecular formula is C13H13N. The van der Waals surface area contributed by atoms with Crippen LogP contribution in [0.25, 0.3) is 0 Å². The van der Waals surface area contributed by atoms with E-state index in [4.69, 9.17) is 5.26 Å². The van der Waals surface area contributed by atoms with Crippen molar-refractivity contribution in [3.63, 3.8) is 0 Å². The fourth-order valence-corrected chi connectivity index (χ4v) is 2.14. The largest absolute Gasteiger partial charge is 0.198 e. The maximum Gasteiger partial charge on any atom is 0.0700 e. The molecule has 1 saturated carbocycles. The van der Waals surface area contributed by atoms with Crippen LogP contribution in [0, 0.1) is 16.7 Å². The first kappa shape index (κ1) is 9.02. The zero-order valence-corrected chi connectivity index (χ0v) is 8.16. The van der Waals surface area contributed by atoms with Crippen molar-refractivity contribution in [3.8, 4) is 6.07 Å². The lowest BCUT2D eigenvalue weighted by Crippen LogP contribution is -2.31. The summed E-state index contributed by atoms with van der Waals surface area (Å²) in [5.41, 5.74) is 2.31. The van der Waals surface area contributed by atoms with Crippen LogP contribution in [0.5, 0.6) is 0 Å². The van der Waals surface area contributed by atoms with Crippen molar-refractivity contribution < 1.29 is 0 Å². The molecule has 1 heteroatoms. The number of nitrogens with zero attached hydrogens (tertiary/aromatic N) is 1. The van der Waals surface area contributed by atoms with Crippen molar-refractivity contribution >= 4 is 0 Å². The molecule has 0 heterocycles. The first-order valence-electron chi connectivity index (χ1n) is 4.86. The predicted molar refractivity (Wildman–Crippen MR) is 56.6 cm³/mol. The van der Waals surface area contributed by atoms with Crippen molar-refractivity contribution in [1.82, 2.24) is 0 Å². The Morgan fingerprint density at radius 2 is 1.93 bits per heavy atom. The average Bonchev–Trinajstić information content (AvgIpc) is 2.16. The summed E-state index contributed by atoms with van der Waals surface area (Å²) < 4.78 is 0. The summed E-state index contributed by atoms with van der Waals surface area (Å²) in [4.78, 5) is 0. The minimum atomic E-state index is -0.154. The monoisotopic (exact) mass is 183 g/mol. The molecule has 0 bridgehead atoms. The third-order valence-electron chi connectivity index (χ3n) is 2.80. The summed E-state index contributed by atoms with van der Waals surface area (Å²) in [7, 11) is 0. The zero-order valence-electron chi connectivity index (χ0n) is 8.16. The summed E-state index contributed by atoms with van der Waals surface area (Å²) in [5, 5.41) is 9.12. The van der Waals surface area contributed by atoms with Crippen molar-refractivity contribution in [2.24, 2.45) is 5.41 Å². The predicted octanol–water partition coefficient (Wildman–Crippen LogP) is 3.09. The Morgan fingerprint density at radius 1 is 1.29 bits per heavy atom. The molecule has 1 aliphatic rings. The molecule has 0 radical (unpaired) electrons. The number of hydrogen-bond donors (Lipinski definition) is 0. The van der Waals surface area contributed by atoms with Gasteiger partial charge in [-0.2, -0.15) is 5.26 Å². The van der Waals surface area contributed by atoms with Crippen LogP contribution in [0.2, 0.25) is 0 Å². The normalized spacial score (nSPS) is 18.4. The van der Waals surface area contributed by atoms with Crippen LogP contribution in [0.3, 0.4) is 0 Å². The quantitative estimate of drug-likeness (QED) is 0.646. The molecule has 0 spiro atoms. The number of hydrogen-bond acceptors (Lipinski definition) is 1. The highest BCUT2D eigenvalue weighted by Gasteiger charge is 2.39. The Bertz CT molecular complexity index is 375. The first-order valence-corrected chi connectivity index (χ1v) is 4.86. The van der Waals surface area contributed by atoms with E-state index < -0.39 is 0 Å². The van der Waals surface area contributed by atoms with Gasteiger partial charge >= 0.3 is 0 Å². The van der Waals surface area contributed by atoms with E-state index in [1.807, 2.05) is 18.2 Å². The van der Waals surface area contributed by atoms with Crippen LogP contribution in [0.15, 0.2) is 42.5 Å². The lowest BCUT2D eigenvalue weighted by Gasteiger charge is -2.37. The van der Waals surface area contributed by atoms with Gasteiger partial charge in [-0.05, 0) is 24.8 Å². The van der Waals surface area contributed by atoms with Gasteiger partial charge in [0.05, 0.1) is 11.5 Å². The van der Waals surface area contributed by atoms with E-state index in [0.717, 1.165) is 19.3 Å². The third kappa shape index (κ3) is 1.56. The molecule has 70 valence electrons. The second kappa shape index (κ2) is 3.31. The molecule has 0 N–H and O–H groups in total. The fourth-order valence-electron chi connectivity index (χ4n) is 2.14. The van der Waals surface area contributed by atoms with Gasteiger partial charge in [0.1, 0.15) is 0 Å². The lowest BCUT2D eigenvalue weighted by atomic mass is 9.64. The summed E-state index contributed by atoms with van der Waals surface area (Å²) in [6, 6.07) is 12.6. The van der Waals surface area contributed by atoms with Crippen LogP contribution in [-0.4, -0.2) is 0 Å². The molecule has 14 heavy (non-hydrogen) atoms. The Morgan fingerprint density at radius 3 is 2.43 bits per heavy atom. The number of benzene rings is 1. The van der Waals surface area contributed by atoms with Gasteiger partial charge in [-0.3, -0.25) is 0 Å². The summed E-state index contributed by atoms with van der Waals surface area (Å²) in [5.74, 6) is 0. The van der Waals surface area contributed by atoms with Crippen LogP contribution in [-0.2, 0) is 6.42 Å². The molecule has 0 aromatic heterocycles. The Hall–Kier alpha value is -1.55. The highest BCUT2D eigenvalue weighted by molar-refractivity contribution is 5.28. The average molecular weight is 183 g/mol. The number of rotatable bonds is 2. The second-order valence-electron chi connectivity index (χ2n) is 4.16. The number of allylic oxidation sites excluding steroid dienone is 1. The minimum Gasteiger partial charge on any atom is -0.198 e. The van der Waals surface area contributed by atoms with Crippen molar-refractivity contribution in [2.75, 3.05) is 0 Å². The standard InChI is InChI=1S/C13H13N/c1-11-7-13(8-11,10-14)9-12-5-3-2-4-6-12/h2-6H,1,7-9H2. The maximum absolute atomic E-state index is 9.12. The molecule has 2 rings (SSSR count). The van der Waals surface area contributed by atoms with E-state index in [-0.39, 0.29) is 5.41 Å². The minimum absolute atomic E-state index is 0.154. The van der Waals surface area contributed by atoms with Gasteiger partial charge in [0.25, 0.3) is 0 Å². The highest BCUT2D eigenvalue weighted by atomic mass is 14.5. The summed E-state index contributed by atoms with van der Waals surface area (Å²) in [6.07, 6.45) is 2.61. The van der Waals surface area contributed by atoms with Crippen molar-refractivity contribution in [1.29, 1.82) is 5.26 Å². The topological polar surface area (TPSA) is 23.8 Å². The molecule has 0 aliphatic heterocycles. The molecule has 1 nitrogen and oxygen atoms in total. The Kier molecular flexibility index (Phi) is 2.13. The van der Waals surface area contributed by atoms with Crippen LogP contribution < -0.4 is 0 Å². The Labute approximate surface area is 84.7 Å². The smallest absolute Gasteiger partial charge is 0.0700 e. The van der Waals surface area contributed by atoms with Crippen molar-refractivity contribution in [2.45, 2.75) is 19.3 Å². The molecule has 1 aromatic rings. The molecule has 1 aromatic carbocycles. The molecule has 0 saturated heterocycles. The van der Waals surface area contributed by atoms with Gasteiger partial charge in [-0.15, -0.1) is 0 Å². The Balaban J connectivity index is 2.11. The van der Waals surface area contributed by atoms with E-state index in [1.165, 1.54) is 11.1 Å². The first-order chi connectivity index (χ1) is 6.74. The van der Waals surface area contributed by atoms with Gasteiger partial charge in [-0.25, -0.2) is 0 Å². The molecule has 1 fully saturated rings. The van der Waals surface area contributed by atoms with E-state index in [0.29, 0.717) is 0 Å². The molecule has 0 amide bonds. The van der Waals surface area contributed by atoms with Gasteiger partial charge in [0, 0.05) is 0 Å². The molecule has 0 atom stereocenters. The highest BCUT2D eigenvalue weighted by Crippen LogP contribution is 2.46. The molecular weight excluding hydrogens is 170 g/mol. The summed E-state index contributed by atoms with van der Waals surface area (Å²) >= 11 is 0. The lowest BCUT2D eigenvalue weighted by molar-refractivity contribution is 0.299. The van der Waals surface area contributed by atoms with E-state index in [2.05, 4.69) is 24.8 Å². The van der Waals surface area contributed by atoms with Gasteiger partial charge < -0.3 is 0 Å². The third-order valence-corrected chi connectivity index (χ3v) is 2.80. The SMILES string of the molecule is C=C1CC(C#N)(Cc2ccccc2)C1. The van der Waals surface area contributed by atoms with E-state index >= 15 is 0 Å². The second-order valence-corrected chi connectivity index (χ2v) is 4.16. The fraction of sp³-hybridized carbons (Fsp3) is 0.308. The summed E-state index contributed by atoms with van der Waals surface area (Å²) in [6.45, 7) is 3.89. The van der Waals surface area contributed by atoms with Crippen LogP contribution >= 0.6 is 0 Å². The zero-order chi connectivity index (χ0) is 10.0. The van der Waals surface area contributed by atoms with Crippen LogP contribution in [0.1, 0.15) is 18.4 Å². The van der Waals surface area contributed by atoms with E-state index in [1.54, 1.807) is 0 Å². The maximum atomic E-state index is 9.12. The van der Waals surface area contributed by atoms with Gasteiger partial charge in [-0.1, -0.05) is 42.5 Å². The molecule has 0 unspecified atom stereocenters. The van der Waals surface area contributed by atoms with Gasteiger partial charge in [0.2, 0.25) is 0 Å². The van der Waals surface area contributed by atoms with Gasteiger partial charge in [0.15, 0.2) is 0 Å². The molecule has 1 aliphatic carbocycles. The van der Waals surface area contributed by atoms with Crippen molar-refractivity contribution in [3.05, 3.63) is 48.0 Å². The van der Waals surface area contributed by atoms with Crippen LogP contribution in [0.4, 0.5) is 0 Å². The number of nitriles is 1.